The number of hydrogen-bond acceptors (Lipinski definition) is 3. The molecule has 0 aliphatic heterocycles. The number of hydrogen-bond donors (Lipinski definition) is 1. The van der Waals surface area contributed by atoms with Gasteiger partial charge in [0.25, 0.3) is 0 Å². The number of fused-ring (bicyclic) bond motifs is 1. The molecule has 2 heterocycles. The van der Waals surface area contributed by atoms with E-state index in [1.807, 2.05) is 75.4 Å². The molecule has 0 radical (unpaired) electrons. The maximum Gasteiger partial charge on any atom is 0.148 e. The van der Waals surface area contributed by atoms with Gasteiger partial charge in [0.15, 0.2) is 0 Å². The molecule has 5 heteroatoms. The minimum absolute atomic E-state index is 0. The largest absolute Gasteiger partial charge is 0.507 e. The third kappa shape index (κ3) is 7.51. The molecule has 0 aliphatic rings. The van der Waals surface area contributed by atoms with Gasteiger partial charge in [-0.05, 0) is 76.3 Å². The van der Waals surface area contributed by atoms with E-state index in [0.717, 1.165) is 33.5 Å². The molecule has 0 saturated carbocycles. The van der Waals surface area contributed by atoms with Crippen LogP contribution in [0.5, 0.6) is 5.75 Å². The molecule has 6 aromatic carbocycles. The fourth-order valence-electron chi connectivity index (χ4n) is 6.73. The topological polar surface area (TPSA) is 50.9 Å². The standard InChI is InChI=1S/C51H46N3O.Pt/c1-33-20-22-34(23-21-33)36-26-27-52-44(31-36)38-28-37(29-40(30-38)51(5,6)7)41-17-13-18-46-48(41)53-49(42-16-11-12-19-47(42)55)54(46)45-25-24-39(50(2,3)4)32-43(45)35-14-9-8-10-15-35;/h8-27,29-32,55H,1-7H3;/q-1;/i1D3,20D,21D,22D,23D,26D,27D,31D;. The molecule has 0 unspecified atom stereocenters. The molecule has 56 heavy (non-hydrogen) atoms. The van der Waals surface area contributed by atoms with Crippen molar-refractivity contribution < 1.29 is 39.9 Å². The summed E-state index contributed by atoms with van der Waals surface area (Å²) >= 11 is 0. The molecule has 0 bridgehead atoms. The Balaban J connectivity index is 0.00000648. The Bertz CT molecular complexity index is 3180. The van der Waals surface area contributed by atoms with Gasteiger partial charge >= 0.3 is 0 Å². The fraction of sp³-hybridized carbons (Fsp3) is 0.176. The molecule has 0 amide bonds. The van der Waals surface area contributed by atoms with Crippen molar-refractivity contribution in [2.75, 3.05) is 0 Å². The third-order valence-corrected chi connectivity index (χ3v) is 9.77. The van der Waals surface area contributed by atoms with E-state index in [1.54, 1.807) is 18.2 Å². The van der Waals surface area contributed by atoms with E-state index in [4.69, 9.17) is 17.3 Å². The summed E-state index contributed by atoms with van der Waals surface area (Å²) in [4.78, 5) is 9.70. The number of imidazole rings is 1. The number of aromatic hydroxyl groups is 1. The van der Waals surface area contributed by atoms with Crippen molar-refractivity contribution in [1.82, 2.24) is 14.5 Å². The van der Waals surface area contributed by atoms with E-state index in [-0.39, 0.29) is 49.1 Å². The van der Waals surface area contributed by atoms with E-state index in [0.29, 0.717) is 28.0 Å². The Morgan fingerprint density at radius 1 is 0.661 bits per heavy atom. The summed E-state index contributed by atoms with van der Waals surface area (Å²) < 4.78 is 87.5. The predicted molar refractivity (Wildman–Crippen MR) is 229 cm³/mol. The average Bonchev–Trinajstić information content (AvgIpc) is 3.64. The van der Waals surface area contributed by atoms with Crippen molar-refractivity contribution in [2.24, 2.45) is 0 Å². The second-order valence-corrected chi connectivity index (χ2v) is 15.7. The molecule has 1 N–H and O–H groups in total. The van der Waals surface area contributed by atoms with Crippen LogP contribution in [-0.2, 0) is 31.9 Å². The second kappa shape index (κ2) is 15.2. The van der Waals surface area contributed by atoms with Crippen LogP contribution in [0.4, 0.5) is 0 Å². The van der Waals surface area contributed by atoms with Crippen LogP contribution in [0.2, 0.25) is 0 Å². The summed E-state index contributed by atoms with van der Waals surface area (Å²) in [7, 11) is 0. The Hall–Kier alpha value is -5.57. The number of nitrogens with zero attached hydrogens (tertiary/aromatic N) is 3. The van der Waals surface area contributed by atoms with Crippen molar-refractivity contribution in [1.29, 1.82) is 0 Å². The molecule has 0 saturated heterocycles. The van der Waals surface area contributed by atoms with Gasteiger partial charge in [-0.15, -0.1) is 29.3 Å². The monoisotopic (exact) mass is 921 g/mol. The molecule has 4 nitrogen and oxygen atoms in total. The summed E-state index contributed by atoms with van der Waals surface area (Å²) in [5.41, 5.74) is 5.71. The van der Waals surface area contributed by atoms with Crippen LogP contribution >= 0.6 is 0 Å². The van der Waals surface area contributed by atoms with E-state index in [9.17, 15) is 6.48 Å². The number of benzene rings is 6. The van der Waals surface area contributed by atoms with Gasteiger partial charge < -0.3 is 5.11 Å². The van der Waals surface area contributed by atoms with Gasteiger partial charge in [-0.2, -0.15) is 0 Å². The van der Waals surface area contributed by atoms with Crippen molar-refractivity contribution in [2.45, 2.75) is 59.2 Å². The van der Waals surface area contributed by atoms with Crippen molar-refractivity contribution in [3.05, 3.63) is 168 Å². The predicted octanol–water partition coefficient (Wildman–Crippen LogP) is 13.2. The number of rotatable bonds is 6. The average molecular weight is 922 g/mol. The van der Waals surface area contributed by atoms with Crippen LogP contribution in [0.1, 0.15) is 71.9 Å². The third-order valence-electron chi connectivity index (χ3n) is 9.77. The molecule has 0 spiro atoms. The minimum Gasteiger partial charge on any atom is -0.507 e. The van der Waals surface area contributed by atoms with Crippen LogP contribution < -0.4 is 0 Å². The molecule has 8 rings (SSSR count). The number of phenols is 1. The van der Waals surface area contributed by atoms with Gasteiger partial charge in [0, 0.05) is 42.6 Å². The summed E-state index contributed by atoms with van der Waals surface area (Å²) in [6, 6.07) is 32.4. The second-order valence-electron chi connectivity index (χ2n) is 15.7. The Labute approximate surface area is 359 Å². The smallest absolute Gasteiger partial charge is 0.148 e. The SMILES string of the molecule is [2H]c1nc(-c2[c-]c(-c3cccc4c3nc(-c3ccccc3O)n4-c3ccc(C(C)(C)C)cc3-c3ccccc3)cc(C(C)(C)C)c2)c([2H])c(-c2c([2H])c([2H])c(C([2H])([2H])[2H])c([2H])c2[2H])c1[2H].[Pt]. The van der Waals surface area contributed by atoms with Gasteiger partial charge in [0.05, 0.1) is 31.9 Å². The normalized spacial score (nSPS) is 14.5. The van der Waals surface area contributed by atoms with Crippen LogP contribution in [0, 0.1) is 12.9 Å². The first-order chi connectivity index (χ1) is 30.5. The van der Waals surface area contributed by atoms with E-state index < -0.39 is 65.8 Å². The number of phenolic OH excluding ortho intramolecular Hbond substituents is 1. The van der Waals surface area contributed by atoms with Gasteiger partial charge in [0.2, 0.25) is 0 Å². The van der Waals surface area contributed by atoms with Gasteiger partial charge in [-0.1, -0.05) is 149 Å². The molecular weight excluding hydrogens is 866 g/mol. The summed E-state index contributed by atoms with van der Waals surface area (Å²) in [6.07, 6.45) is -0.585. The van der Waals surface area contributed by atoms with Crippen LogP contribution in [0.25, 0.3) is 72.7 Å². The van der Waals surface area contributed by atoms with E-state index >= 15 is 0 Å². The molecule has 8 aromatic rings. The Morgan fingerprint density at radius 3 is 2.07 bits per heavy atom. The van der Waals surface area contributed by atoms with Gasteiger partial charge in [0.1, 0.15) is 11.6 Å². The van der Waals surface area contributed by atoms with E-state index in [2.05, 4.69) is 66.7 Å². The van der Waals surface area contributed by atoms with Gasteiger partial charge in [-0.3, -0.25) is 9.55 Å². The number of pyridine rings is 1. The van der Waals surface area contributed by atoms with Crippen molar-refractivity contribution in [3.8, 4) is 67.5 Å². The Morgan fingerprint density at radius 2 is 1.36 bits per heavy atom. The first-order valence-corrected chi connectivity index (χ1v) is 18.2. The zero-order chi connectivity index (χ0) is 47.1. The molecule has 0 fully saturated rings. The molecule has 0 atom stereocenters. The zero-order valence-corrected chi connectivity index (χ0v) is 34.2. The molecular formula is C51H46N3OPt-. The fourth-order valence-corrected chi connectivity index (χ4v) is 6.73. The Kier molecular flexibility index (Phi) is 7.56. The van der Waals surface area contributed by atoms with Crippen LogP contribution in [0.3, 0.4) is 0 Å². The van der Waals surface area contributed by atoms with E-state index in [1.165, 1.54) is 0 Å². The minimum atomic E-state index is -2.96. The van der Waals surface area contributed by atoms with Crippen LogP contribution in [0.15, 0.2) is 146 Å². The van der Waals surface area contributed by atoms with Crippen LogP contribution in [-0.4, -0.2) is 19.6 Å². The van der Waals surface area contributed by atoms with Crippen molar-refractivity contribution >= 4 is 11.0 Å². The maximum absolute atomic E-state index is 11.4. The van der Waals surface area contributed by atoms with Gasteiger partial charge in [-0.25, -0.2) is 4.98 Å². The maximum atomic E-state index is 11.4. The zero-order valence-electron chi connectivity index (χ0n) is 41.9. The quantitative estimate of drug-likeness (QED) is 0.169. The summed E-state index contributed by atoms with van der Waals surface area (Å²) in [5, 5.41) is 11.4. The molecule has 282 valence electrons. The number of aromatic nitrogens is 3. The molecule has 0 aliphatic carbocycles. The summed E-state index contributed by atoms with van der Waals surface area (Å²) in [5.74, 6) is 0.540. The first kappa shape index (κ1) is 27.9. The first-order valence-electron chi connectivity index (χ1n) is 23.2. The molecule has 2 aromatic heterocycles. The number of para-hydroxylation sites is 2. The summed E-state index contributed by atoms with van der Waals surface area (Å²) in [6.45, 7) is 9.62. The van der Waals surface area contributed by atoms with Crippen molar-refractivity contribution in [3.63, 3.8) is 0 Å².